The van der Waals surface area contributed by atoms with E-state index in [1.165, 1.54) is 11.3 Å². The first kappa shape index (κ1) is 14.8. The number of nitrogens with zero attached hydrogens (tertiary/aromatic N) is 2. The zero-order chi connectivity index (χ0) is 14.9. The van der Waals surface area contributed by atoms with E-state index in [-0.39, 0.29) is 12.0 Å². The van der Waals surface area contributed by atoms with E-state index >= 15 is 0 Å². The molecule has 1 aromatic rings. The Hall–Kier alpha value is -1.10. The van der Waals surface area contributed by atoms with Gasteiger partial charge in [0.2, 0.25) is 0 Å². The summed E-state index contributed by atoms with van der Waals surface area (Å²) in [5.74, 6) is 0. The first-order valence-electron chi connectivity index (χ1n) is 7.89. The Morgan fingerprint density at radius 3 is 2.71 bits per heavy atom. The quantitative estimate of drug-likeness (QED) is 0.916. The normalized spacial score (nSPS) is 25.1. The lowest BCUT2D eigenvalue weighted by molar-refractivity contribution is -0.152. The van der Waals surface area contributed by atoms with Gasteiger partial charge >= 0.3 is 0 Å². The number of hydrogen-bond donors (Lipinski definition) is 1. The van der Waals surface area contributed by atoms with E-state index in [2.05, 4.69) is 48.0 Å². The monoisotopic (exact) mass is 290 g/mol. The van der Waals surface area contributed by atoms with Crippen molar-refractivity contribution in [1.29, 1.82) is 0 Å². The van der Waals surface area contributed by atoms with Crippen LogP contribution in [0.1, 0.15) is 18.9 Å². The van der Waals surface area contributed by atoms with Gasteiger partial charge in [-0.05, 0) is 18.1 Å². The van der Waals surface area contributed by atoms with Gasteiger partial charge in [-0.15, -0.1) is 0 Å². The SMILES string of the molecule is CCC1CN(C)c2ccccc2CN1CC1(CO)COC1. The van der Waals surface area contributed by atoms with Crippen LogP contribution in [0.25, 0.3) is 0 Å². The number of aliphatic hydroxyl groups excluding tert-OH is 1. The molecule has 0 aliphatic carbocycles. The summed E-state index contributed by atoms with van der Waals surface area (Å²) in [5, 5.41) is 9.73. The molecule has 1 aromatic carbocycles. The molecular weight excluding hydrogens is 264 g/mol. The lowest BCUT2D eigenvalue weighted by atomic mass is 9.85. The number of hydrogen-bond acceptors (Lipinski definition) is 4. The highest BCUT2D eigenvalue weighted by molar-refractivity contribution is 5.54. The molecule has 0 bridgehead atoms. The van der Waals surface area contributed by atoms with E-state index in [4.69, 9.17) is 4.74 Å². The van der Waals surface area contributed by atoms with Crippen LogP contribution in [-0.2, 0) is 11.3 Å². The van der Waals surface area contributed by atoms with Gasteiger partial charge in [0, 0.05) is 38.4 Å². The zero-order valence-corrected chi connectivity index (χ0v) is 13.1. The number of para-hydroxylation sites is 1. The predicted molar refractivity (Wildman–Crippen MR) is 84.5 cm³/mol. The molecule has 21 heavy (non-hydrogen) atoms. The first-order chi connectivity index (χ1) is 10.2. The predicted octanol–water partition coefficient (Wildman–Crippen LogP) is 1.73. The van der Waals surface area contributed by atoms with Crippen molar-refractivity contribution < 1.29 is 9.84 Å². The van der Waals surface area contributed by atoms with Gasteiger partial charge in [-0.3, -0.25) is 4.90 Å². The highest BCUT2D eigenvalue weighted by Gasteiger charge is 2.41. The van der Waals surface area contributed by atoms with E-state index in [0.717, 1.165) is 26.1 Å². The van der Waals surface area contributed by atoms with Gasteiger partial charge in [0.1, 0.15) is 0 Å². The van der Waals surface area contributed by atoms with Crippen molar-refractivity contribution in [3.63, 3.8) is 0 Å². The van der Waals surface area contributed by atoms with Crippen LogP contribution in [-0.4, -0.2) is 56.0 Å². The number of ether oxygens (including phenoxy) is 1. The molecule has 0 spiro atoms. The summed E-state index contributed by atoms with van der Waals surface area (Å²) in [5.41, 5.74) is 2.66. The minimum Gasteiger partial charge on any atom is -0.396 e. The second-order valence-electron chi connectivity index (χ2n) is 6.63. The summed E-state index contributed by atoms with van der Waals surface area (Å²) >= 11 is 0. The van der Waals surface area contributed by atoms with Crippen molar-refractivity contribution in [3.8, 4) is 0 Å². The van der Waals surface area contributed by atoms with Gasteiger partial charge in [-0.1, -0.05) is 25.1 Å². The van der Waals surface area contributed by atoms with Crippen molar-refractivity contribution in [2.75, 3.05) is 44.9 Å². The molecular formula is C17H26N2O2. The van der Waals surface area contributed by atoms with Gasteiger partial charge in [0.15, 0.2) is 0 Å². The van der Waals surface area contributed by atoms with E-state index in [1.807, 2.05) is 0 Å². The Kier molecular flexibility index (Phi) is 4.20. The molecule has 0 amide bonds. The van der Waals surface area contributed by atoms with Crippen molar-refractivity contribution >= 4 is 5.69 Å². The Morgan fingerprint density at radius 1 is 1.33 bits per heavy atom. The van der Waals surface area contributed by atoms with Gasteiger partial charge in [-0.2, -0.15) is 0 Å². The number of anilines is 1. The van der Waals surface area contributed by atoms with Crippen LogP contribution in [0.2, 0.25) is 0 Å². The third kappa shape index (κ3) is 2.80. The van der Waals surface area contributed by atoms with Crippen LogP contribution in [0.5, 0.6) is 0 Å². The highest BCUT2D eigenvalue weighted by Crippen LogP contribution is 2.33. The maximum absolute atomic E-state index is 9.73. The number of aliphatic hydroxyl groups is 1. The smallest absolute Gasteiger partial charge is 0.0579 e. The lowest BCUT2D eigenvalue weighted by Gasteiger charge is -2.45. The van der Waals surface area contributed by atoms with E-state index in [9.17, 15) is 5.11 Å². The average molecular weight is 290 g/mol. The molecule has 0 saturated carbocycles. The summed E-state index contributed by atoms with van der Waals surface area (Å²) < 4.78 is 5.36. The Bertz CT molecular complexity index is 482. The molecule has 1 saturated heterocycles. The Balaban J connectivity index is 1.84. The fourth-order valence-electron chi connectivity index (χ4n) is 3.52. The molecule has 1 fully saturated rings. The maximum atomic E-state index is 9.73. The van der Waals surface area contributed by atoms with Crippen molar-refractivity contribution in [1.82, 2.24) is 4.90 Å². The molecule has 4 heteroatoms. The molecule has 2 heterocycles. The fraction of sp³-hybridized carbons (Fsp3) is 0.647. The molecule has 3 rings (SSSR count). The summed E-state index contributed by atoms with van der Waals surface area (Å²) in [6.45, 7) is 6.77. The molecule has 1 unspecified atom stereocenters. The van der Waals surface area contributed by atoms with Crippen molar-refractivity contribution in [2.24, 2.45) is 5.41 Å². The van der Waals surface area contributed by atoms with E-state index in [1.54, 1.807) is 0 Å². The molecule has 116 valence electrons. The van der Waals surface area contributed by atoms with Crippen LogP contribution in [0, 0.1) is 5.41 Å². The molecule has 2 aliphatic rings. The lowest BCUT2D eigenvalue weighted by Crippen LogP contribution is -2.55. The molecule has 4 nitrogen and oxygen atoms in total. The molecule has 1 atom stereocenters. The molecule has 0 aromatic heterocycles. The zero-order valence-electron chi connectivity index (χ0n) is 13.1. The Morgan fingerprint density at radius 2 is 2.10 bits per heavy atom. The molecule has 0 radical (unpaired) electrons. The fourth-order valence-corrected chi connectivity index (χ4v) is 3.52. The van der Waals surface area contributed by atoms with Gasteiger partial charge in [0.05, 0.1) is 25.2 Å². The van der Waals surface area contributed by atoms with E-state index < -0.39 is 0 Å². The van der Waals surface area contributed by atoms with Gasteiger partial charge in [0.25, 0.3) is 0 Å². The van der Waals surface area contributed by atoms with Crippen LogP contribution in [0.15, 0.2) is 24.3 Å². The third-order valence-electron chi connectivity index (χ3n) is 4.94. The number of rotatable bonds is 4. The summed E-state index contributed by atoms with van der Waals surface area (Å²) in [4.78, 5) is 4.91. The third-order valence-corrected chi connectivity index (χ3v) is 4.94. The number of likely N-dealkylation sites (N-methyl/N-ethyl adjacent to an activating group) is 1. The second-order valence-corrected chi connectivity index (χ2v) is 6.63. The summed E-state index contributed by atoms with van der Waals surface area (Å²) in [7, 11) is 2.18. The molecule has 2 aliphatic heterocycles. The Labute approximate surface area is 127 Å². The topological polar surface area (TPSA) is 35.9 Å². The standard InChI is InChI=1S/C17H26N2O2/c1-3-15-9-18(2)16-7-5-4-6-14(16)8-19(15)10-17(11-20)12-21-13-17/h4-7,15,20H,3,8-13H2,1-2H3. The second kappa shape index (κ2) is 5.95. The molecule has 1 N–H and O–H groups in total. The highest BCUT2D eigenvalue weighted by atomic mass is 16.5. The van der Waals surface area contributed by atoms with Crippen molar-refractivity contribution in [2.45, 2.75) is 25.9 Å². The first-order valence-corrected chi connectivity index (χ1v) is 7.89. The van der Waals surface area contributed by atoms with Crippen LogP contribution in [0.3, 0.4) is 0 Å². The minimum atomic E-state index is -0.0503. The van der Waals surface area contributed by atoms with Crippen molar-refractivity contribution in [3.05, 3.63) is 29.8 Å². The number of fused-ring (bicyclic) bond motifs is 1. The van der Waals surface area contributed by atoms with Crippen LogP contribution < -0.4 is 4.90 Å². The summed E-state index contributed by atoms with van der Waals surface area (Å²) in [6.07, 6.45) is 1.13. The van der Waals surface area contributed by atoms with E-state index in [0.29, 0.717) is 19.3 Å². The maximum Gasteiger partial charge on any atom is 0.0579 e. The van der Waals surface area contributed by atoms with Crippen LogP contribution >= 0.6 is 0 Å². The minimum absolute atomic E-state index is 0.0503. The van der Waals surface area contributed by atoms with Gasteiger partial charge in [-0.25, -0.2) is 0 Å². The number of benzene rings is 1. The summed E-state index contributed by atoms with van der Waals surface area (Å²) in [6, 6.07) is 9.18. The van der Waals surface area contributed by atoms with Crippen LogP contribution in [0.4, 0.5) is 5.69 Å². The van der Waals surface area contributed by atoms with Gasteiger partial charge < -0.3 is 14.7 Å². The average Bonchev–Trinajstić information content (AvgIpc) is 2.60. The largest absolute Gasteiger partial charge is 0.396 e.